The van der Waals surface area contributed by atoms with Crippen LogP contribution in [0.25, 0.3) is 10.9 Å². The minimum absolute atomic E-state index is 0.137. The number of hydrogen-bond acceptors (Lipinski definition) is 3. The molecule has 0 spiro atoms. The number of H-pyrrole nitrogens is 1. The number of hydrogen-bond donors (Lipinski definition) is 2. The first-order valence-corrected chi connectivity index (χ1v) is 7.88. The highest BCUT2D eigenvalue weighted by Gasteiger charge is 2.19. The maximum atomic E-state index is 12.5. The molecule has 0 saturated carbocycles. The SMILES string of the molecule is CCCN(CC(F)F)C(=O)CNC(=O)c1c[nH]c2ccccc2c1=O. The lowest BCUT2D eigenvalue weighted by Crippen LogP contribution is -2.43. The van der Waals surface area contributed by atoms with Gasteiger partial charge in [0.25, 0.3) is 12.3 Å². The van der Waals surface area contributed by atoms with Gasteiger partial charge < -0.3 is 15.2 Å². The number of benzene rings is 1. The summed E-state index contributed by atoms with van der Waals surface area (Å²) in [5.41, 5.74) is -0.00845. The lowest BCUT2D eigenvalue weighted by Gasteiger charge is -2.21. The fourth-order valence-corrected chi connectivity index (χ4v) is 2.45. The number of carbonyl (C=O) groups is 2. The van der Waals surface area contributed by atoms with E-state index in [9.17, 15) is 23.2 Å². The molecule has 0 radical (unpaired) electrons. The van der Waals surface area contributed by atoms with Gasteiger partial charge >= 0.3 is 0 Å². The molecule has 134 valence electrons. The molecule has 0 aliphatic rings. The standard InChI is InChI=1S/C17H19F2N3O3/c1-2-7-22(10-14(18)19)15(23)9-21-17(25)12-8-20-13-6-4-3-5-11(13)16(12)24/h3-6,8,14H,2,7,9-10H2,1H3,(H,20,24)(H,21,25). The van der Waals surface area contributed by atoms with Crippen molar-refractivity contribution in [2.24, 2.45) is 0 Å². The Hall–Kier alpha value is -2.77. The summed E-state index contributed by atoms with van der Waals surface area (Å²) in [5, 5.41) is 2.67. The highest BCUT2D eigenvalue weighted by molar-refractivity contribution is 5.98. The topological polar surface area (TPSA) is 82.3 Å². The maximum absolute atomic E-state index is 12.5. The van der Waals surface area contributed by atoms with Crippen molar-refractivity contribution in [1.29, 1.82) is 0 Å². The lowest BCUT2D eigenvalue weighted by atomic mass is 10.1. The van der Waals surface area contributed by atoms with Crippen molar-refractivity contribution in [3.05, 3.63) is 46.2 Å². The molecule has 2 aromatic rings. The fraction of sp³-hybridized carbons (Fsp3) is 0.353. The molecule has 6 nitrogen and oxygen atoms in total. The Kier molecular flexibility index (Phi) is 6.21. The first-order valence-electron chi connectivity index (χ1n) is 7.88. The van der Waals surface area contributed by atoms with Gasteiger partial charge in [-0.3, -0.25) is 14.4 Å². The van der Waals surface area contributed by atoms with Gasteiger partial charge in [-0.25, -0.2) is 8.78 Å². The molecule has 1 aromatic carbocycles. The average molecular weight is 351 g/mol. The van der Waals surface area contributed by atoms with E-state index in [2.05, 4.69) is 10.3 Å². The Labute approximate surface area is 142 Å². The molecule has 0 aliphatic carbocycles. The van der Waals surface area contributed by atoms with Crippen LogP contribution in [0.4, 0.5) is 8.78 Å². The highest BCUT2D eigenvalue weighted by atomic mass is 19.3. The van der Waals surface area contributed by atoms with E-state index in [1.807, 2.05) is 0 Å². The third-order valence-corrected chi connectivity index (χ3v) is 3.64. The number of aromatic amines is 1. The van der Waals surface area contributed by atoms with E-state index in [1.54, 1.807) is 31.2 Å². The second kappa shape index (κ2) is 8.36. The van der Waals surface area contributed by atoms with Crippen molar-refractivity contribution in [2.45, 2.75) is 19.8 Å². The van der Waals surface area contributed by atoms with Crippen molar-refractivity contribution in [3.8, 4) is 0 Å². The zero-order valence-electron chi connectivity index (χ0n) is 13.7. The van der Waals surface area contributed by atoms with E-state index in [1.165, 1.54) is 6.20 Å². The molecule has 1 heterocycles. The summed E-state index contributed by atoms with van der Waals surface area (Å²) in [6.45, 7) is 0.811. The van der Waals surface area contributed by atoms with Crippen LogP contribution < -0.4 is 10.7 Å². The number of amides is 2. The summed E-state index contributed by atoms with van der Waals surface area (Å²) in [6.07, 6.45) is -0.848. The number of nitrogens with one attached hydrogen (secondary N) is 2. The number of fused-ring (bicyclic) bond motifs is 1. The van der Waals surface area contributed by atoms with Crippen LogP contribution in [0.1, 0.15) is 23.7 Å². The van der Waals surface area contributed by atoms with Crippen LogP contribution in [-0.4, -0.2) is 47.8 Å². The molecule has 1 aromatic heterocycles. The van der Waals surface area contributed by atoms with E-state index in [0.717, 1.165) is 4.90 Å². The van der Waals surface area contributed by atoms with Crippen LogP contribution in [0.15, 0.2) is 35.3 Å². The summed E-state index contributed by atoms with van der Waals surface area (Å²) in [6, 6.07) is 6.72. The third kappa shape index (κ3) is 4.62. The number of carbonyl (C=O) groups excluding carboxylic acids is 2. The predicted octanol–water partition coefficient (Wildman–Crippen LogP) is 1.76. The van der Waals surface area contributed by atoms with Crippen molar-refractivity contribution in [1.82, 2.24) is 15.2 Å². The van der Waals surface area contributed by atoms with Crippen LogP contribution in [0.3, 0.4) is 0 Å². The molecule has 0 saturated heterocycles. The summed E-state index contributed by atoms with van der Waals surface area (Å²) in [4.78, 5) is 40.3. The molecular formula is C17H19F2N3O3. The van der Waals surface area contributed by atoms with Gasteiger partial charge in [0.05, 0.1) is 13.1 Å². The number of alkyl halides is 2. The van der Waals surface area contributed by atoms with Crippen LogP contribution in [0.2, 0.25) is 0 Å². The second-order valence-electron chi connectivity index (χ2n) is 5.49. The zero-order chi connectivity index (χ0) is 18.4. The molecule has 2 amide bonds. The number of nitrogens with zero attached hydrogens (tertiary/aromatic N) is 1. The monoisotopic (exact) mass is 351 g/mol. The third-order valence-electron chi connectivity index (χ3n) is 3.64. The fourth-order valence-electron chi connectivity index (χ4n) is 2.45. The van der Waals surface area contributed by atoms with Gasteiger partial charge in [0.15, 0.2) is 0 Å². The highest BCUT2D eigenvalue weighted by Crippen LogP contribution is 2.07. The van der Waals surface area contributed by atoms with Gasteiger partial charge in [-0.2, -0.15) is 0 Å². The summed E-state index contributed by atoms with van der Waals surface area (Å²) < 4.78 is 25.0. The Balaban J connectivity index is 2.08. The first kappa shape index (κ1) is 18.6. The van der Waals surface area contributed by atoms with Gasteiger partial charge in [0.1, 0.15) is 5.56 Å². The number of halogens is 2. The molecule has 25 heavy (non-hydrogen) atoms. The number of pyridine rings is 1. The Morgan fingerprint density at radius 3 is 2.68 bits per heavy atom. The van der Waals surface area contributed by atoms with Crippen LogP contribution in [-0.2, 0) is 4.79 Å². The normalized spacial score (nSPS) is 10.9. The molecule has 0 unspecified atom stereocenters. The first-order chi connectivity index (χ1) is 11.9. The molecule has 2 rings (SSSR count). The van der Waals surface area contributed by atoms with Crippen molar-refractivity contribution < 1.29 is 18.4 Å². The van der Waals surface area contributed by atoms with Gasteiger partial charge in [0, 0.05) is 23.6 Å². The number of aromatic nitrogens is 1. The summed E-state index contributed by atoms with van der Waals surface area (Å²) >= 11 is 0. The van der Waals surface area contributed by atoms with E-state index in [4.69, 9.17) is 0 Å². The molecular weight excluding hydrogens is 332 g/mol. The minimum atomic E-state index is -2.64. The lowest BCUT2D eigenvalue weighted by molar-refractivity contribution is -0.132. The van der Waals surface area contributed by atoms with Gasteiger partial charge in [0.2, 0.25) is 11.3 Å². The van der Waals surface area contributed by atoms with Gasteiger partial charge in [-0.05, 0) is 18.6 Å². The van der Waals surface area contributed by atoms with Gasteiger partial charge in [-0.1, -0.05) is 19.1 Å². The van der Waals surface area contributed by atoms with Crippen LogP contribution in [0.5, 0.6) is 0 Å². The smallest absolute Gasteiger partial charge is 0.257 e. The van der Waals surface area contributed by atoms with E-state index >= 15 is 0 Å². The zero-order valence-corrected chi connectivity index (χ0v) is 13.7. The quantitative estimate of drug-likeness (QED) is 0.797. The van der Waals surface area contributed by atoms with E-state index < -0.39 is 36.8 Å². The van der Waals surface area contributed by atoms with Gasteiger partial charge in [-0.15, -0.1) is 0 Å². The molecule has 0 atom stereocenters. The van der Waals surface area contributed by atoms with Crippen LogP contribution in [0, 0.1) is 0 Å². The van der Waals surface area contributed by atoms with Crippen LogP contribution >= 0.6 is 0 Å². The van der Waals surface area contributed by atoms with Crippen molar-refractivity contribution >= 4 is 22.7 Å². The largest absolute Gasteiger partial charge is 0.360 e. The maximum Gasteiger partial charge on any atom is 0.257 e. The Morgan fingerprint density at radius 2 is 2.00 bits per heavy atom. The molecule has 0 bridgehead atoms. The van der Waals surface area contributed by atoms with E-state index in [-0.39, 0.29) is 12.1 Å². The van der Waals surface area contributed by atoms with E-state index in [0.29, 0.717) is 17.3 Å². The predicted molar refractivity (Wildman–Crippen MR) is 89.8 cm³/mol. The molecule has 8 heteroatoms. The number of para-hydroxylation sites is 1. The molecule has 2 N–H and O–H groups in total. The second-order valence-corrected chi connectivity index (χ2v) is 5.49. The number of rotatable bonds is 7. The van der Waals surface area contributed by atoms with Crippen molar-refractivity contribution in [3.63, 3.8) is 0 Å². The Morgan fingerprint density at radius 1 is 1.28 bits per heavy atom. The molecule has 0 fully saturated rings. The van der Waals surface area contributed by atoms with Crippen molar-refractivity contribution in [2.75, 3.05) is 19.6 Å². The Bertz CT molecular complexity index is 820. The average Bonchev–Trinajstić information content (AvgIpc) is 2.59. The summed E-state index contributed by atoms with van der Waals surface area (Å²) in [7, 11) is 0. The molecule has 0 aliphatic heterocycles. The minimum Gasteiger partial charge on any atom is -0.360 e. The summed E-state index contributed by atoms with van der Waals surface area (Å²) in [5.74, 6) is -1.35.